The molecule has 19 heavy (non-hydrogen) atoms. The zero-order chi connectivity index (χ0) is 13.2. The molecule has 0 spiro atoms. The molecule has 98 valence electrons. The number of fused-ring (bicyclic) bond motifs is 1. The first-order chi connectivity index (χ1) is 9.22. The Labute approximate surface area is 116 Å². The number of nitrogens with zero attached hydrogens (tertiary/aromatic N) is 1. The van der Waals surface area contributed by atoms with Crippen LogP contribution in [0.25, 0.3) is 22.4 Å². The third-order valence-corrected chi connectivity index (χ3v) is 3.74. The third-order valence-electron chi connectivity index (χ3n) is 2.89. The summed E-state index contributed by atoms with van der Waals surface area (Å²) in [5.74, 6) is 0.841. The van der Waals surface area contributed by atoms with Crippen molar-refractivity contribution in [3.05, 3.63) is 40.7 Å². The Morgan fingerprint density at radius 2 is 2.16 bits per heavy atom. The van der Waals surface area contributed by atoms with Crippen molar-refractivity contribution in [1.82, 2.24) is 10.3 Å². The molecule has 0 saturated carbocycles. The van der Waals surface area contributed by atoms with Crippen LogP contribution in [0.3, 0.4) is 0 Å². The summed E-state index contributed by atoms with van der Waals surface area (Å²) in [6.07, 6.45) is 0. The van der Waals surface area contributed by atoms with Crippen LogP contribution in [-0.2, 0) is 6.54 Å². The molecular formula is C15H16N2OS. The minimum Gasteiger partial charge on any atom is -0.454 e. The number of hydrogen-bond donors (Lipinski definition) is 1. The number of para-hydroxylation sites is 1. The van der Waals surface area contributed by atoms with Crippen LogP contribution in [0.4, 0.5) is 0 Å². The van der Waals surface area contributed by atoms with E-state index in [4.69, 9.17) is 4.42 Å². The number of rotatable bonds is 4. The lowest BCUT2D eigenvalue weighted by Crippen LogP contribution is -2.21. The maximum absolute atomic E-state index is 5.82. The van der Waals surface area contributed by atoms with Crippen molar-refractivity contribution >= 4 is 22.3 Å². The van der Waals surface area contributed by atoms with E-state index >= 15 is 0 Å². The predicted octanol–water partition coefficient (Wildman–Crippen LogP) is 4.05. The zero-order valence-electron chi connectivity index (χ0n) is 11.0. The van der Waals surface area contributed by atoms with E-state index in [1.54, 1.807) is 11.3 Å². The highest BCUT2D eigenvalue weighted by molar-refractivity contribution is 7.09. The molecule has 2 aromatic heterocycles. The third kappa shape index (κ3) is 2.69. The van der Waals surface area contributed by atoms with Crippen molar-refractivity contribution in [3.8, 4) is 11.5 Å². The minimum atomic E-state index is 0.471. The van der Waals surface area contributed by atoms with Crippen molar-refractivity contribution in [3.63, 3.8) is 0 Å². The van der Waals surface area contributed by atoms with Crippen LogP contribution in [0.15, 0.2) is 40.1 Å². The molecule has 0 bridgehead atoms. The molecule has 4 heteroatoms. The van der Waals surface area contributed by atoms with E-state index < -0.39 is 0 Å². The van der Waals surface area contributed by atoms with Gasteiger partial charge >= 0.3 is 0 Å². The Bertz CT molecular complexity index is 651. The second-order valence-corrected chi connectivity index (χ2v) is 5.75. The SMILES string of the molecule is CC(C)NCc1nc(-c2cc3ccccc3o2)cs1. The van der Waals surface area contributed by atoms with Crippen molar-refractivity contribution < 1.29 is 4.42 Å². The average Bonchev–Trinajstić information content (AvgIpc) is 3.02. The van der Waals surface area contributed by atoms with Crippen LogP contribution in [0.1, 0.15) is 18.9 Å². The summed E-state index contributed by atoms with van der Waals surface area (Å²) >= 11 is 1.66. The molecule has 3 aromatic rings. The summed E-state index contributed by atoms with van der Waals surface area (Å²) in [7, 11) is 0. The van der Waals surface area contributed by atoms with Gasteiger partial charge in [-0.15, -0.1) is 11.3 Å². The molecule has 0 unspecified atom stereocenters. The maximum Gasteiger partial charge on any atom is 0.154 e. The number of hydrogen-bond acceptors (Lipinski definition) is 4. The molecule has 2 heterocycles. The number of aromatic nitrogens is 1. The van der Waals surface area contributed by atoms with Crippen molar-refractivity contribution in [1.29, 1.82) is 0 Å². The van der Waals surface area contributed by atoms with Crippen LogP contribution in [0, 0.1) is 0 Å². The molecule has 0 atom stereocenters. The van der Waals surface area contributed by atoms with Gasteiger partial charge in [0.25, 0.3) is 0 Å². The fourth-order valence-electron chi connectivity index (χ4n) is 1.90. The molecule has 1 N–H and O–H groups in total. The van der Waals surface area contributed by atoms with Gasteiger partial charge in [0.15, 0.2) is 5.76 Å². The van der Waals surface area contributed by atoms with Crippen molar-refractivity contribution in [2.75, 3.05) is 0 Å². The van der Waals surface area contributed by atoms with Gasteiger partial charge < -0.3 is 9.73 Å². The average molecular weight is 272 g/mol. The van der Waals surface area contributed by atoms with Crippen LogP contribution in [0.2, 0.25) is 0 Å². The van der Waals surface area contributed by atoms with Crippen molar-refractivity contribution in [2.24, 2.45) is 0 Å². The first-order valence-electron chi connectivity index (χ1n) is 6.39. The fourth-order valence-corrected chi connectivity index (χ4v) is 2.64. The van der Waals surface area contributed by atoms with Crippen LogP contribution in [0.5, 0.6) is 0 Å². The van der Waals surface area contributed by atoms with Gasteiger partial charge in [-0.3, -0.25) is 0 Å². The molecule has 0 saturated heterocycles. The van der Waals surface area contributed by atoms with E-state index in [0.29, 0.717) is 6.04 Å². The molecular weight excluding hydrogens is 256 g/mol. The van der Waals surface area contributed by atoms with Gasteiger partial charge in [-0.05, 0) is 12.1 Å². The fraction of sp³-hybridized carbons (Fsp3) is 0.267. The molecule has 3 rings (SSSR count). The van der Waals surface area contributed by atoms with Gasteiger partial charge in [0.1, 0.15) is 16.3 Å². The quantitative estimate of drug-likeness (QED) is 0.778. The van der Waals surface area contributed by atoms with E-state index in [-0.39, 0.29) is 0 Å². The van der Waals surface area contributed by atoms with Crippen LogP contribution >= 0.6 is 11.3 Å². The molecule has 0 radical (unpaired) electrons. The molecule has 0 amide bonds. The lowest BCUT2D eigenvalue weighted by Gasteiger charge is -2.04. The number of nitrogens with one attached hydrogen (secondary N) is 1. The van der Waals surface area contributed by atoms with E-state index in [9.17, 15) is 0 Å². The number of thiazole rings is 1. The molecule has 3 nitrogen and oxygen atoms in total. The summed E-state index contributed by atoms with van der Waals surface area (Å²) in [4.78, 5) is 4.61. The zero-order valence-corrected chi connectivity index (χ0v) is 11.8. The van der Waals surface area contributed by atoms with Gasteiger partial charge in [0.2, 0.25) is 0 Å². The number of furan rings is 1. The molecule has 0 aliphatic heterocycles. The Morgan fingerprint density at radius 3 is 2.95 bits per heavy atom. The van der Waals surface area contributed by atoms with E-state index in [0.717, 1.165) is 34.0 Å². The number of benzene rings is 1. The second kappa shape index (κ2) is 5.15. The lowest BCUT2D eigenvalue weighted by atomic mass is 10.2. The highest BCUT2D eigenvalue weighted by atomic mass is 32.1. The monoisotopic (exact) mass is 272 g/mol. The first kappa shape index (κ1) is 12.4. The summed E-state index contributed by atoms with van der Waals surface area (Å²) in [6.45, 7) is 5.07. The van der Waals surface area contributed by atoms with Gasteiger partial charge in [0, 0.05) is 23.4 Å². The minimum absolute atomic E-state index is 0.471. The molecule has 0 aliphatic rings. The van der Waals surface area contributed by atoms with Gasteiger partial charge in [-0.25, -0.2) is 4.98 Å². The highest BCUT2D eigenvalue weighted by Gasteiger charge is 2.10. The van der Waals surface area contributed by atoms with E-state index in [1.165, 1.54) is 0 Å². The summed E-state index contributed by atoms with van der Waals surface area (Å²) in [5.41, 5.74) is 1.83. The standard InChI is InChI=1S/C15H16N2OS/c1-10(2)16-8-15-17-12(9-19-15)14-7-11-5-3-4-6-13(11)18-14/h3-7,9-10,16H,8H2,1-2H3. The second-order valence-electron chi connectivity index (χ2n) is 4.81. The Balaban J connectivity index is 1.85. The lowest BCUT2D eigenvalue weighted by molar-refractivity contribution is 0.586. The van der Waals surface area contributed by atoms with Crippen molar-refractivity contribution in [2.45, 2.75) is 26.4 Å². The smallest absolute Gasteiger partial charge is 0.154 e. The predicted molar refractivity (Wildman–Crippen MR) is 79.3 cm³/mol. The first-order valence-corrected chi connectivity index (χ1v) is 7.27. The van der Waals surface area contributed by atoms with E-state index in [2.05, 4.69) is 35.6 Å². The molecule has 1 aromatic carbocycles. The normalized spacial score (nSPS) is 11.5. The highest BCUT2D eigenvalue weighted by Crippen LogP contribution is 2.28. The van der Waals surface area contributed by atoms with Gasteiger partial charge in [0.05, 0.1) is 0 Å². The molecule has 0 aliphatic carbocycles. The molecule has 0 fully saturated rings. The largest absolute Gasteiger partial charge is 0.454 e. The Morgan fingerprint density at radius 1 is 1.32 bits per heavy atom. The Hall–Kier alpha value is -1.65. The Kier molecular flexibility index (Phi) is 3.36. The van der Waals surface area contributed by atoms with Gasteiger partial charge in [-0.2, -0.15) is 0 Å². The summed E-state index contributed by atoms with van der Waals surface area (Å²) < 4.78 is 5.82. The topological polar surface area (TPSA) is 38.1 Å². The van der Waals surface area contributed by atoms with Crippen LogP contribution in [-0.4, -0.2) is 11.0 Å². The van der Waals surface area contributed by atoms with E-state index in [1.807, 2.05) is 24.3 Å². The summed E-state index contributed by atoms with van der Waals surface area (Å²) in [6, 6.07) is 10.5. The summed E-state index contributed by atoms with van der Waals surface area (Å²) in [5, 5.41) is 7.63. The maximum atomic E-state index is 5.82. The van der Waals surface area contributed by atoms with Gasteiger partial charge in [-0.1, -0.05) is 32.0 Å². The van der Waals surface area contributed by atoms with Crippen LogP contribution < -0.4 is 5.32 Å².